The molecule has 0 aliphatic heterocycles. The lowest BCUT2D eigenvalue weighted by Gasteiger charge is -2.30. The van der Waals surface area contributed by atoms with Gasteiger partial charge in [-0.3, -0.25) is 0 Å². The number of hydrogen-bond acceptors (Lipinski definition) is 3. The molecule has 0 saturated heterocycles. The van der Waals surface area contributed by atoms with Gasteiger partial charge in [0, 0.05) is 33.2 Å². The van der Waals surface area contributed by atoms with Crippen molar-refractivity contribution in [3.8, 4) is 67.5 Å². The quantitative estimate of drug-likeness (QED) is 0.182. The van der Waals surface area contributed by atoms with Crippen molar-refractivity contribution in [2.45, 2.75) is 5.41 Å². The van der Waals surface area contributed by atoms with Crippen molar-refractivity contribution in [2.75, 3.05) is 0 Å². The Bertz CT molecular complexity index is 3160. The zero-order chi connectivity index (χ0) is 36.8. The summed E-state index contributed by atoms with van der Waals surface area (Å²) in [7, 11) is 0. The lowest BCUT2D eigenvalue weighted by atomic mass is 9.69. The van der Waals surface area contributed by atoms with E-state index in [-0.39, 0.29) is 0 Å². The minimum Gasteiger partial charge on any atom is -0.456 e. The van der Waals surface area contributed by atoms with Gasteiger partial charge in [-0.05, 0) is 67.9 Å². The van der Waals surface area contributed by atoms with E-state index in [9.17, 15) is 0 Å². The number of benzene rings is 8. The van der Waals surface area contributed by atoms with Gasteiger partial charge >= 0.3 is 0 Å². The van der Waals surface area contributed by atoms with Crippen LogP contribution < -0.4 is 0 Å². The topological polar surface area (TPSA) is 38.9 Å². The number of para-hydroxylation sites is 1. The summed E-state index contributed by atoms with van der Waals surface area (Å²) in [4.78, 5) is 10.5. The summed E-state index contributed by atoms with van der Waals surface area (Å²) >= 11 is 0. The number of furan rings is 1. The van der Waals surface area contributed by atoms with Crippen LogP contribution in [0.2, 0.25) is 0 Å². The Morgan fingerprint density at radius 1 is 0.375 bits per heavy atom. The third-order valence-electron chi connectivity index (χ3n) is 11.9. The molecule has 2 aliphatic rings. The molecule has 0 radical (unpaired) electrons. The molecule has 56 heavy (non-hydrogen) atoms. The zero-order valence-electron chi connectivity index (χ0n) is 30.3. The molecule has 12 rings (SSSR count). The molecule has 0 saturated carbocycles. The van der Waals surface area contributed by atoms with Crippen molar-refractivity contribution in [1.82, 2.24) is 9.97 Å². The maximum Gasteiger partial charge on any atom is 0.160 e. The molecule has 2 aromatic heterocycles. The van der Waals surface area contributed by atoms with Crippen LogP contribution in [0.1, 0.15) is 22.3 Å². The first kappa shape index (κ1) is 31.0. The largest absolute Gasteiger partial charge is 0.456 e. The Balaban J connectivity index is 1.11. The van der Waals surface area contributed by atoms with Gasteiger partial charge in [-0.1, -0.05) is 176 Å². The molecule has 0 N–H and O–H groups in total. The number of rotatable bonds is 4. The standard InChI is InChI=1S/C53H32N2O/c1-2-16-34(17-3-1)52-54-47(32-48(55-52)41-25-14-18-33-15-4-5-19-36(33)41)40-23-7-6-20-37(40)35-29-30-42-46(31-35)53(50-43-24-10-13-28-49(43)56-51(42)50)44-26-11-8-21-38(44)39-22-9-12-27-45(39)53/h1-32H. The predicted molar refractivity (Wildman–Crippen MR) is 227 cm³/mol. The monoisotopic (exact) mass is 712 g/mol. The predicted octanol–water partition coefficient (Wildman–Crippen LogP) is 13.4. The van der Waals surface area contributed by atoms with E-state index < -0.39 is 5.41 Å². The van der Waals surface area contributed by atoms with Crippen LogP contribution in [0.5, 0.6) is 0 Å². The summed E-state index contributed by atoms with van der Waals surface area (Å²) in [6, 6.07) is 69.4. The van der Waals surface area contributed by atoms with Crippen LogP contribution in [0.15, 0.2) is 199 Å². The van der Waals surface area contributed by atoms with Crippen molar-refractivity contribution in [3.05, 3.63) is 216 Å². The first-order chi connectivity index (χ1) is 27.8. The van der Waals surface area contributed by atoms with Crippen LogP contribution in [-0.2, 0) is 5.41 Å². The fourth-order valence-electron chi connectivity index (χ4n) is 9.60. The summed E-state index contributed by atoms with van der Waals surface area (Å²) < 4.78 is 6.82. The maximum atomic E-state index is 6.82. The van der Waals surface area contributed by atoms with Crippen LogP contribution in [0.25, 0.3) is 89.2 Å². The average Bonchev–Trinajstić information content (AvgIpc) is 3.90. The van der Waals surface area contributed by atoms with E-state index in [1.165, 1.54) is 38.8 Å². The van der Waals surface area contributed by atoms with Gasteiger partial charge < -0.3 is 4.42 Å². The molecular weight excluding hydrogens is 681 g/mol. The van der Waals surface area contributed by atoms with E-state index in [0.29, 0.717) is 5.82 Å². The van der Waals surface area contributed by atoms with E-state index in [0.717, 1.165) is 66.9 Å². The van der Waals surface area contributed by atoms with Crippen molar-refractivity contribution in [3.63, 3.8) is 0 Å². The van der Waals surface area contributed by atoms with Crippen LogP contribution >= 0.6 is 0 Å². The second kappa shape index (κ2) is 11.8. The molecule has 260 valence electrons. The summed E-state index contributed by atoms with van der Waals surface area (Å²) in [5, 5.41) is 3.50. The van der Waals surface area contributed by atoms with Crippen molar-refractivity contribution >= 4 is 21.7 Å². The van der Waals surface area contributed by atoms with Crippen LogP contribution in [0.4, 0.5) is 0 Å². The Labute approximate surface area is 324 Å². The van der Waals surface area contributed by atoms with Crippen LogP contribution in [-0.4, -0.2) is 9.97 Å². The van der Waals surface area contributed by atoms with E-state index in [1.807, 2.05) is 18.2 Å². The van der Waals surface area contributed by atoms with Crippen LogP contribution in [0, 0.1) is 0 Å². The maximum absolute atomic E-state index is 6.82. The van der Waals surface area contributed by atoms with Gasteiger partial charge in [0.15, 0.2) is 5.82 Å². The van der Waals surface area contributed by atoms with Crippen molar-refractivity contribution in [2.24, 2.45) is 0 Å². The Kier molecular flexibility index (Phi) is 6.55. The molecule has 10 aromatic rings. The molecule has 0 atom stereocenters. The second-order valence-electron chi connectivity index (χ2n) is 14.8. The minimum absolute atomic E-state index is 0.535. The van der Waals surface area contributed by atoms with Gasteiger partial charge in [-0.2, -0.15) is 0 Å². The zero-order valence-corrected chi connectivity index (χ0v) is 30.3. The first-order valence-corrected chi connectivity index (χ1v) is 19.2. The number of hydrogen-bond donors (Lipinski definition) is 0. The molecule has 1 spiro atoms. The fourth-order valence-corrected chi connectivity index (χ4v) is 9.60. The molecule has 3 nitrogen and oxygen atoms in total. The highest BCUT2D eigenvalue weighted by Gasteiger charge is 2.54. The molecule has 8 aromatic carbocycles. The summed E-state index contributed by atoms with van der Waals surface area (Å²) in [5.74, 6) is 1.65. The van der Waals surface area contributed by atoms with Gasteiger partial charge in [0.2, 0.25) is 0 Å². The lowest BCUT2D eigenvalue weighted by Crippen LogP contribution is -2.25. The second-order valence-corrected chi connectivity index (χ2v) is 14.8. The van der Waals surface area contributed by atoms with Gasteiger partial charge in [-0.25, -0.2) is 9.97 Å². The third-order valence-corrected chi connectivity index (χ3v) is 11.9. The van der Waals surface area contributed by atoms with Gasteiger partial charge in [-0.15, -0.1) is 0 Å². The summed E-state index contributed by atoms with van der Waals surface area (Å²) in [6.45, 7) is 0. The van der Waals surface area contributed by atoms with Crippen molar-refractivity contribution in [1.29, 1.82) is 0 Å². The Hall–Kier alpha value is -7.36. The molecule has 0 unspecified atom stereocenters. The van der Waals surface area contributed by atoms with E-state index in [4.69, 9.17) is 14.4 Å². The van der Waals surface area contributed by atoms with Crippen molar-refractivity contribution < 1.29 is 4.42 Å². The highest BCUT2D eigenvalue weighted by molar-refractivity contribution is 6.03. The van der Waals surface area contributed by atoms with Crippen LogP contribution in [0.3, 0.4) is 0 Å². The number of fused-ring (bicyclic) bond motifs is 13. The Morgan fingerprint density at radius 2 is 0.964 bits per heavy atom. The first-order valence-electron chi connectivity index (χ1n) is 19.2. The van der Waals surface area contributed by atoms with Gasteiger partial charge in [0.25, 0.3) is 0 Å². The Morgan fingerprint density at radius 3 is 1.75 bits per heavy atom. The smallest absolute Gasteiger partial charge is 0.160 e. The summed E-state index contributed by atoms with van der Waals surface area (Å²) in [6.07, 6.45) is 0. The number of nitrogens with zero attached hydrogens (tertiary/aromatic N) is 2. The molecule has 2 heterocycles. The van der Waals surface area contributed by atoms with E-state index in [2.05, 4.69) is 176 Å². The fraction of sp³-hybridized carbons (Fsp3) is 0.0189. The molecule has 0 amide bonds. The molecule has 0 fully saturated rings. The van der Waals surface area contributed by atoms with E-state index >= 15 is 0 Å². The SMILES string of the molecule is c1ccc(-c2nc(-c3ccccc3-c3ccc4c(c3)C3(c5ccccc5-c5ccccc53)c3c-4oc4ccccc34)cc(-c3cccc4ccccc34)n2)cc1. The molecule has 3 heteroatoms. The highest BCUT2D eigenvalue weighted by atomic mass is 16.3. The molecule has 2 aliphatic carbocycles. The van der Waals surface area contributed by atoms with E-state index in [1.54, 1.807) is 0 Å². The normalized spacial score (nSPS) is 13.1. The van der Waals surface area contributed by atoms with Gasteiger partial charge in [0.1, 0.15) is 11.3 Å². The molecular formula is C53H32N2O. The minimum atomic E-state index is -0.535. The van der Waals surface area contributed by atoms with Gasteiger partial charge in [0.05, 0.1) is 16.8 Å². The summed E-state index contributed by atoms with van der Waals surface area (Å²) in [5.41, 5.74) is 16.2. The third kappa shape index (κ3) is 4.28. The number of aromatic nitrogens is 2. The lowest BCUT2D eigenvalue weighted by molar-refractivity contribution is 0.628. The highest BCUT2D eigenvalue weighted by Crippen LogP contribution is 2.65. The average molecular weight is 713 g/mol. The molecule has 0 bridgehead atoms.